The number of methoxy groups -OCH3 is 1. The fraction of sp³-hybridized carbons (Fsp3) is 0.333. The maximum Gasteiger partial charge on any atom is 0.416 e. The van der Waals surface area contributed by atoms with Crippen molar-refractivity contribution in [2.24, 2.45) is 5.92 Å². The van der Waals surface area contributed by atoms with Gasteiger partial charge < -0.3 is 14.7 Å². The van der Waals surface area contributed by atoms with Gasteiger partial charge in [0.25, 0.3) is 10.0 Å². The third-order valence-corrected chi connectivity index (χ3v) is 8.33. The number of carbonyl (C=O) groups is 1. The molecule has 1 aliphatic rings. The second kappa shape index (κ2) is 10.6. The molecule has 3 aromatic rings. The third-order valence-electron chi connectivity index (χ3n) is 6.03. The van der Waals surface area contributed by atoms with Gasteiger partial charge in [-0.1, -0.05) is 12.1 Å². The van der Waals surface area contributed by atoms with Crippen molar-refractivity contribution >= 4 is 38.1 Å². The van der Waals surface area contributed by atoms with E-state index >= 15 is 0 Å². The molecule has 198 valence electrons. The highest BCUT2D eigenvalue weighted by Crippen LogP contribution is 2.33. The maximum atomic E-state index is 13.0. The van der Waals surface area contributed by atoms with Crippen molar-refractivity contribution in [3.63, 3.8) is 0 Å². The maximum absolute atomic E-state index is 13.0. The average Bonchev–Trinajstić information content (AvgIpc) is 3.36. The number of alkyl halides is 3. The fourth-order valence-corrected chi connectivity index (χ4v) is 6.40. The van der Waals surface area contributed by atoms with Gasteiger partial charge in [0.05, 0.1) is 23.9 Å². The molecule has 0 saturated carbocycles. The first-order valence-corrected chi connectivity index (χ1v) is 13.6. The monoisotopic (exact) mass is 555 g/mol. The Bertz CT molecular complexity index is 1380. The van der Waals surface area contributed by atoms with Gasteiger partial charge in [-0.25, -0.2) is 9.78 Å². The minimum absolute atomic E-state index is 0.0494. The minimum atomic E-state index is -4.37. The highest BCUT2D eigenvalue weighted by molar-refractivity contribution is 7.92. The number of anilines is 2. The topological polar surface area (TPSA) is 109 Å². The number of rotatable bonds is 8. The summed E-state index contributed by atoms with van der Waals surface area (Å²) in [5.41, 5.74) is 0.166. The van der Waals surface area contributed by atoms with E-state index in [1.54, 1.807) is 0 Å². The van der Waals surface area contributed by atoms with Crippen molar-refractivity contribution in [1.29, 1.82) is 0 Å². The van der Waals surface area contributed by atoms with Crippen LogP contribution in [-0.2, 0) is 22.6 Å². The molecule has 0 bridgehead atoms. The number of piperidine rings is 1. The number of nitrogens with zero attached hydrogens (tertiary/aromatic N) is 2. The highest BCUT2D eigenvalue weighted by Gasteiger charge is 2.30. The zero-order valence-electron chi connectivity index (χ0n) is 19.7. The van der Waals surface area contributed by atoms with E-state index in [-0.39, 0.29) is 27.9 Å². The van der Waals surface area contributed by atoms with Crippen LogP contribution in [0.5, 0.6) is 5.75 Å². The third kappa shape index (κ3) is 6.34. The molecule has 1 aliphatic heterocycles. The first-order chi connectivity index (χ1) is 17.5. The minimum Gasteiger partial charge on any atom is -0.495 e. The molecule has 1 fully saturated rings. The molecule has 2 heterocycles. The molecule has 13 heteroatoms. The summed E-state index contributed by atoms with van der Waals surface area (Å²) in [6, 6.07) is 8.97. The van der Waals surface area contributed by atoms with E-state index in [4.69, 9.17) is 9.84 Å². The van der Waals surface area contributed by atoms with Crippen LogP contribution in [0.4, 0.5) is 24.0 Å². The molecule has 2 aromatic carbocycles. The zero-order valence-corrected chi connectivity index (χ0v) is 21.3. The Labute approximate surface area is 215 Å². The lowest BCUT2D eigenvalue weighted by Crippen LogP contribution is -2.36. The number of halogens is 3. The highest BCUT2D eigenvalue weighted by atomic mass is 32.2. The van der Waals surface area contributed by atoms with E-state index in [1.807, 2.05) is 4.90 Å². The number of carboxylic acid groups (broad SMARTS) is 1. The van der Waals surface area contributed by atoms with E-state index in [0.29, 0.717) is 24.6 Å². The van der Waals surface area contributed by atoms with Gasteiger partial charge in [0.15, 0.2) is 10.2 Å². The normalized spacial score (nSPS) is 16.4. The Morgan fingerprint density at radius 3 is 2.62 bits per heavy atom. The second-order valence-corrected chi connectivity index (χ2v) is 11.1. The van der Waals surface area contributed by atoms with Crippen molar-refractivity contribution in [3.05, 3.63) is 64.5 Å². The van der Waals surface area contributed by atoms with Gasteiger partial charge in [0.1, 0.15) is 5.75 Å². The number of hydrogen-bond donors (Lipinski definition) is 2. The van der Waals surface area contributed by atoms with Gasteiger partial charge in [0.2, 0.25) is 0 Å². The predicted octanol–water partition coefficient (Wildman–Crippen LogP) is 5.13. The van der Waals surface area contributed by atoms with Crippen molar-refractivity contribution in [1.82, 2.24) is 4.98 Å². The number of thiazole rings is 1. The lowest BCUT2D eigenvalue weighted by atomic mass is 9.91. The number of ether oxygens (including phenoxy) is 1. The zero-order chi connectivity index (χ0) is 26.8. The summed E-state index contributed by atoms with van der Waals surface area (Å²) in [6.07, 6.45) is -2.01. The second-order valence-electron chi connectivity index (χ2n) is 8.65. The predicted molar refractivity (Wildman–Crippen MR) is 133 cm³/mol. The summed E-state index contributed by atoms with van der Waals surface area (Å²) in [7, 11) is -2.77. The largest absolute Gasteiger partial charge is 0.495 e. The Hall–Kier alpha value is -3.32. The standard InChI is InChI=1S/C24H24F3N3O5S2/c1-35-20-12-17(22(31)32)6-9-19(20)29-37(33,34)21-14-36-23(28-21)30-10-2-3-16(13-30)11-15-4-7-18(8-5-15)24(25,26)27/h4-9,12,14,16,29H,2-3,10-11,13H2,1H3,(H,31,32). The van der Waals surface area contributed by atoms with Gasteiger partial charge in [-0.2, -0.15) is 21.6 Å². The van der Waals surface area contributed by atoms with Crippen LogP contribution in [0, 0.1) is 5.92 Å². The molecule has 37 heavy (non-hydrogen) atoms. The molecule has 1 unspecified atom stereocenters. The van der Waals surface area contributed by atoms with Crippen molar-refractivity contribution < 1.29 is 36.2 Å². The molecule has 4 rings (SSSR count). The van der Waals surface area contributed by atoms with E-state index in [0.717, 1.165) is 30.5 Å². The molecule has 0 radical (unpaired) electrons. The van der Waals surface area contributed by atoms with Gasteiger partial charge >= 0.3 is 12.1 Å². The van der Waals surface area contributed by atoms with Gasteiger partial charge in [-0.05, 0) is 61.1 Å². The number of benzene rings is 2. The van der Waals surface area contributed by atoms with Gasteiger partial charge in [-0.3, -0.25) is 4.72 Å². The van der Waals surface area contributed by atoms with E-state index in [1.165, 1.54) is 54.2 Å². The summed E-state index contributed by atoms with van der Waals surface area (Å²) in [4.78, 5) is 17.5. The van der Waals surface area contributed by atoms with Crippen LogP contribution in [0.3, 0.4) is 0 Å². The Kier molecular flexibility index (Phi) is 7.64. The summed E-state index contributed by atoms with van der Waals surface area (Å²) < 4.78 is 71.9. The van der Waals surface area contributed by atoms with Crippen LogP contribution in [0.15, 0.2) is 52.9 Å². The Balaban J connectivity index is 1.44. The van der Waals surface area contributed by atoms with E-state index in [9.17, 15) is 26.4 Å². The van der Waals surface area contributed by atoms with Crippen molar-refractivity contribution in [3.8, 4) is 5.75 Å². The van der Waals surface area contributed by atoms with Crippen LogP contribution in [0.2, 0.25) is 0 Å². The molecule has 2 N–H and O–H groups in total. The number of nitrogens with one attached hydrogen (secondary N) is 1. The molecule has 1 atom stereocenters. The van der Waals surface area contributed by atoms with Crippen LogP contribution in [0.25, 0.3) is 0 Å². The lowest BCUT2D eigenvalue weighted by Gasteiger charge is -2.32. The fourth-order valence-electron chi connectivity index (χ4n) is 4.19. The van der Waals surface area contributed by atoms with Gasteiger partial charge in [-0.15, -0.1) is 11.3 Å². The molecular formula is C24H24F3N3O5S2. The first kappa shape index (κ1) is 26.7. The summed E-state index contributed by atoms with van der Waals surface area (Å²) >= 11 is 1.18. The number of sulfonamides is 1. The first-order valence-electron chi connectivity index (χ1n) is 11.3. The molecule has 1 saturated heterocycles. The molecule has 0 aliphatic carbocycles. The smallest absolute Gasteiger partial charge is 0.416 e. The SMILES string of the molecule is COc1cc(C(=O)O)ccc1NS(=O)(=O)c1csc(N2CCCC(Cc3ccc(C(F)(F)F)cc3)C2)n1. The summed E-state index contributed by atoms with van der Waals surface area (Å²) in [6.45, 7) is 1.29. The number of aromatic nitrogens is 1. The molecule has 0 amide bonds. The summed E-state index contributed by atoms with van der Waals surface area (Å²) in [5.74, 6) is -0.930. The molecule has 0 spiro atoms. The number of carboxylic acids is 1. The lowest BCUT2D eigenvalue weighted by molar-refractivity contribution is -0.137. The number of aromatic carboxylic acids is 1. The Morgan fingerprint density at radius 1 is 1.24 bits per heavy atom. The molecular weight excluding hydrogens is 531 g/mol. The summed E-state index contributed by atoms with van der Waals surface area (Å²) in [5, 5.41) is 10.9. The molecule has 8 nitrogen and oxygen atoms in total. The van der Waals surface area contributed by atoms with Crippen LogP contribution in [0.1, 0.15) is 34.3 Å². The van der Waals surface area contributed by atoms with Crippen LogP contribution >= 0.6 is 11.3 Å². The Morgan fingerprint density at radius 2 is 1.97 bits per heavy atom. The van der Waals surface area contributed by atoms with Crippen LogP contribution < -0.4 is 14.4 Å². The van der Waals surface area contributed by atoms with Crippen molar-refractivity contribution in [2.45, 2.75) is 30.5 Å². The number of hydrogen-bond acceptors (Lipinski definition) is 7. The van der Waals surface area contributed by atoms with Crippen molar-refractivity contribution in [2.75, 3.05) is 29.8 Å². The quantitative estimate of drug-likeness (QED) is 0.397. The molecule has 1 aromatic heterocycles. The van der Waals surface area contributed by atoms with E-state index < -0.39 is 27.7 Å². The van der Waals surface area contributed by atoms with E-state index in [2.05, 4.69) is 9.71 Å². The average molecular weight is 556 g/mol. The van der Waals surface area contributed by atoms with Crippen LogP contribution in [-0.4, -0.2) is 44.7 Å². The van der Waals surface area contributed by atoms with Gasteiger partial charge in [0, 0.05) is 18.5 Å².